The smallest absolute Gasteiger partial charge is 0.145 e. The molecule has 0 saturated carbocycles. The Balaban J connectivity index is 0.785. The SMILES string of the molecule is c1ccc(N2c3c(c4cccc5ccc6cccc3c6c54)NC2c2ccc(-c3ccc(-c4ccc(-c5nc6c7cccc8ccc9cccc(c9c87)c6n5-c5ccccc5)cc4)c4ccccc34)cc2)cc1. The number of anilines is 3. The van der Waals surface area contributed by atoms with Crippen molar-refractivity contribution >= 4 is 104 Å². The van der Waals surface area contributed by atoms with E-state index in [0.717, 1.165) is 33.8 Å². The van der Waals surface area contributed by atoms with Crippen molar-refractivity contribution in [3.05, 3.63) is 248 Å². The Kier molecular flexibility index (Phi) is 8.20. The normalized spacial score (nSPS) is 13.8. The number of imidazole rings is 1. The van der Waals surface area contributed by atoms with Gasteiger partial charge in [0.2, 0.25) is 0 Å². The molecule has 1 unspecified atom stereocenters. The first-order valence-electron chi connectivity index (χ1n) is 24.9. The number of nitrogens with one attached hydrogen (secondary N) is 1. The summed E-state index contributed by atoms with van der Waals surface area (Å²) < 4.78 is 2.37. The number of aromatic nitrogens is 2. The fraction of sp³-hybridized carbons (Fsp3) is 0.0147. The second kappa shape index (κ2) is 15.0. The Morgan fingerprint density at radius 1 is 0.347 bits per heavy atom. The van der Waals surface area contributed by atoms with E-state index in [9.17, 15) is 0 Å². The fourth-order valence-electron chi connectivity index (χ4n) is 12.5. The molecule has 0 amide bonds. The largest absolute Gasteiger partial charge is 0.359 e. The minimum Gasteiger partial charge on any atom is -0.359 e. The van der Waals surface area contributed by atoms with E-state index in [1.807, 2.05) is 0 Å². The molecule has 72 heavy (non-hydrogen) atoms. The third kappa shape index (κ3) is 5.54. The molecule has 15 aromatic rings. The van der Waals surface area contributed by atoms with Gasteiger partial charge in [0, 0.05) is 38.5 Å². The second-order valence-electron chi connectivity index (χ2n) is 19.4. The molecular formula is C68H42N4. The Morgan fingerprint density at radius 2 is 0.806 bits per heavy atom. The van der Waals surface area contributed by atoms with E-state index in [-0.39, 0.29) is 6.17 Å². The molecule has 16 rings (SSSR count). The quantitative estimate of drug-likeness (QED) is 0.169. The van der Waals surface area contributed by atoms with Gasteiger partial charge in [-0.3, -0.25) is 4.57 Å². The zero-order valence-electron chi connectivity index (χ0n) is 39.0. The Labute approximate surface area is 414 Å². The molecular weight excluding hydrogens is 873 g/mol. The average Bonchev–Trinajstić information content (AvgIpc) is 4.06. The molecule has 2 heterocycles. The summed E-state index contributed by atoms with van der Waals surface area (Å²) >= 11 is 0. The van der Waals surface area contributed by atoms with Crippen molar-refractivity contribution in [2.24, 2.45) is 0 Å². The van der Waals surface area contributed by atoms with Crippen molar-refractivity contribution in [1.82, 2.24) is 9.55 Å². The number of fused-ring (bicyclic) bond motifs is 7. The second-order valence-corrected chi connectivity index (χ2v) is 19.4. The average molecular weight is 915 g/mol. The first kappa shape index (κ1) is 39.3. The Hall–Kier alpha value is -9.51. The number of nitrogens with zero attached hydrogens (tertiary/aromatic N) is 3. The summed E-state index contributed by atoms with van der Waals surface area (Å²) in [7, 11) is 0. The lowest BCUT2D eigenvalue weighted by molar-refractivity contribution is 0.830. The topological polar surface area (TPSA) is 33.1 Å². The molecule has 4 nitrogen and oxygen atoms in total. The van der Waals surface area contributed by atoms with Gasteiger partial charge in [0.05, 0.1) is 22.4 Å². The molecule has 14 aromatic carbocycles. The monoisotopic (exact) mass is 914 g/mol. The van der Waals surface area contributed by atoms with E-state index >= 15 is 0 Å². The van der Waals surface area contributed by atoms with Crippen LogP contribution in [0.2, 0.25) is 0 Å². The van der Waals surface area contributed by atoms with Gasteiger partial charge in [0.25, 0.3) is 0 Å². The van der Waals surface area contributed by atoms with Crippen LogP contribution in [0.3, 0.4) is 0 Å². The highest BCUT2D eigenvalue weighted by Gasteiger charge is 2.35. The molecule has 1 aliphatic heterocycles. The lowest BCUT2D eigenvalue weighted by atomic mass is 9.91. The molecule has 0 fully saturated rings. The van der Waals surface area contributed by atoms with E-state index in [2.05, 4.69) is 257 Å². The first-order chi connectivity index (χ1) is 35.7. The minimum absolute atomic E-state index is 0.107. The van der Waals surface area contributed by atoms with Crippen LogP contribution in [0.25, 0.3) is 126 Å². The predicted molar refractivity (Wildman–Crippen MR) is 304 cm³/mol. The summed E-state index contributed by atoms with van der Waals surface area (Å²) in [6.07, 6.45) is -0.107. The number of rotatable bonds is 6. The van der Waals surface area contributed by atoms with E-state index in [4.69, 9.17) is 4.98 Å². The highest BCUT2D eigenvalue weighted by Crippen LogP contribution is 2.55. The van der Waals surface area contributed by atoms with Crippen molar-refractivity contribution in [3.8, 4) is 39.3 Å². The zero-order chi connectivity index (χ0) is 47.0. The van der Waals surface area contributed by atoms with E-state index in [0.29, 0.717) is 0 Å². The molecule has 1 atom stereocenters. The summed E-state index contributed by atoms with van der Waals surface area (Å²) in [6.45, 7) is 0. The van der Waals surface area contributed by atoms with E-state index in [1.165, 1.54) is 115 Å². The van der Waals surface area contributed by atoms with Gasteiger partial charge in [-0.1, -0.05) is 218 Å². The Bertz CT molecular complexity index is 4630. The summed E-state index contributed by atoms with van der Waals surface area (Å²) in [5.74, 6) is 0.929. The van der Waals surface area contributed by atoms with Crippen LogP contribution in [0, 0.1) is 0 Å². The van der Waals surface area contributed by atoms with Gasteiger partial charge in [-0.25, -0.2) is 4.98 Å². The first-order valence-corrected chi connectivity index (χ1v) is 24.9. The van der Waals surface area contributed by atoms with Gasteiger partial charge >= 0.3 is 0 Å². The van der Waals surface area contributed by atoms with Crippen LogP contribution in [0.5, 0.6) is 0 Å². The van der Waals surface area contributed by atoms with Crippen molar-refractivity contribution in [3.63, 3.8) is 0 Å². The molecule has 1 N–H and O–H groups in total. The number of benzene rings is 14. The highest BCUT2D eigenvalue weighted by molar-refractivity contribution is 6.33. The summed E-state index contributed by atoms with van der Waals surface area (Å²) in [5.41, 5.74) is 13.9. The lowest BCUT2D eigenvalue weighted by Crippen LogP contribution is -2.23. The molecule has 0 aliphatic carbocycles. The lowest BCUT2D eigenvalue weighted by Gasteiger charge is -2.28. The number of hydrogen-bond acceptors (Lipinski definition) is 3. The molecule has 0 spiro atoms. The third-order valence-corrected chi connectivity index (χ3v) is 15.7. The molecule has 334 valence electrons. The van der Waals surface area contributed by atoms with Crippen LogP contribution in [-0.2, 0) is 0 Å². The molecule has 0 bridgehead atoms. The maximum Gasteiger partial charge on any atom is 0.145 e. The van der Waals surface area contributed by atoms with E-state index in [1.54, 1.807) is 0 Å². The fourth-order valence-corrected chi connectivity index (χ4v) is 12.5. The van der Waals surface area contributed by atoms with Gasteiger partial charge in [-0.2, -0.15) is 0 Å². The van der Waals surface area contributed by atoms with Crippen molar-refractivity contribution < 1.29 is 0 Å². The van der Waals surface area contributed by atoms with Crippen molar-refractivity contribution in [1.29, 1.82) is 0 Å². The highest BCUT2D eigenvalue weighted by atomic mass is 15.3. The summed E-state index contributed by atoms with van der Waals surface area (Å²) in [5, 5.41) is 21.7. The van der Waals surface area contributed by atoms with Crippen molar-refractivity contribution in [2.45, 2.75) is 6.17 Å². The number of hydrogen-bond donors (Lipinski definition) is 1. The zero-order valence-corrected chi connectivity index (χ0v) is 39.0. The number of para-hydroxylation sites is 2. The van der Waals surface area contributed by atoms with Crippen LogP contribution in [0.15, 0.2) is 243 Å². The Morgan fingerprint density at radius 3 is 1.42 bits per heavy atom. The van der Waals surface area contributed by atoms with Gasteiger partial charge in [-0.15, -0.1) is 0 Å². The van der Waals surface area contributed by atoms with Crippen LogP contribution in [-0.4, -0.2) is 9.55 Å². The predicted octanol–water partition coefficient (Wildman–Crippen LogP) is 18.2. The third-order valence-electron chi connectivity index (χ3n) is 15.7. The molecule has 1 aliphatic rings. The maximum atomic E-state index is 5.55. The van der Waals surface area contributed by atoms with Crippen LogP contribution in [0.4, 0.5) is 17.1 Å². The molecule has 0 radical (unpaired) electrons. The van der Waals surface area contributed by atoms with Gasteiger partial charge in [0.1, 0.15) is 12.0 Å². The van der Waals surface area contributed by atoms with Crippen LogP contribution >= 0.6 is 0 Å². The molecule has 0 saturated heterocycles. The molecule has 1 aromatic heterocycles. The van der Waals surface area contributed by atoms with E-state index < -0.39 is 0 Å². The van der Waals surface area contributed by atoms with Gasteiger partial charge in [0.15, 0.2) is 0 Å². The summed E-state index contributed by atoms with van der Waals surface area (Å²) in [6, 6.07) is 89.0. The van der Waals surface area contributed by atoms with Gasteiger partial charge < -0.3 is 10.2 Å². The van der Waals surface area contributed by atoms with Crippen LogP contribution in [0.1, 0.15) is 11.7 Å². The summed E-state index contributed by atoms with van der Waals surface area (Å²) in [4.78, 5) is 8.06. The van der Waals surface area contributed by atoms with Crippen LogP contribution < -0.4 is 10.2 Å². The molecule has 4 heteroatoms. The maximum absolute atomic E-state index is 5.55. The standard InChI is InChI=1S/C68H42N4/c1-3-17-49(18-4-1)71-65-57-25-11-15-45-33-31-43-13-9-23-55(59(43)61(45)57)63(65)69-67(71)47-35-27-41(28-36-47)51-39-40-52(54-22-8-7-21-53(51)54)42-29-37-48(38-30-42)68-70-64-56-24-10-14-44-32-34-46-16-12-26-58(62(46)60(44)56)66(64)72(68)50-19-5-2-6-20-50/h1-40,67,69H. The minimum atomic E-state index is -0.107. The van der Waals surface area contributed by atoms with Crippen molar-refractivity contribution in [2.75, 3.05) is 10.2 Å². The van der Waals surface area contributed by atoms with Gasteiger partial charge in [-0.05, 0) is 106 Å².